The summed E-state index contributed by atoms with van der Waals surface area (Å²) >= 11 is 0. The van der Waals surface area contributed by atoms with Gasteiger partial charge >= 0.3 is 0 Å². The maximum Gasteiger partial charge on any atom is 0.287 e. The summed E-state index contributed by atoms with van der Waals surface area (Å²) in [5.74, 6) is 0.942. The van der Waals surface area contributed by atoms with Gasteiger partial charge in [0.25, 0.3) is 5.91 Å². The van der Waals surface area contributed by atoms with E-state index < -0.39 is 0 Å². The Balaban J connectivity index is 0.00000363. The summed E-state index contributed by atoms with van der Waals surface area (Å²) in [6, 6.07) is 10.3. The second-order valence-electron chi connectivity index (χ2n) is 7.55. The van der Waals surface area contributed by atoms with Gasteiger partial charge in [-0.3, -0.25) is 14.7 Å². The van der Waals surface area contributed by atoms with Crippen LogP contribution in [0.4, 0.5) is 0 Å². The molecule has 9 heteroatoms. The molecule has 1 aromatic heterocycles. The van der Waals surface area contributed by atoms with Gasteiger partial charge in [-0.05, 0) is 30.5 Å². The lowest BCUT2D eigenvalue weighted by molar-refractivity contribution is 0.0341. The Morgan fingerprint density at radius 2 is 1.78 bits per heavy atom. The molecule has 0 radical (unpaired) electrons. The highest BCUT2D eigenvalue weighted by Gasteiger charge is 2.13. The van der Waals surface area contributed by atoms with Crippen LogP contribution in [0.3, 0.4) is 0 Å². The Labute approximate surface area is 207 Å². The Morgan fingerprint density at radius 3 is 2.47 bits per heavy atom. The van der Waals surface area contributed by atoms with Crippen LogP contribution in [-0.2, 0) is 17.8 Å². The van der Waals surface area contributed by atoms with Crippen molar-refractivity contribution >= 4 is 35.8 Å². The van der Waals surface area contributed by atoms with Crippen molar-refractivity contribution in [2.45, 2.75) is 26.4 Å². The van der Waals surface area contributed by atoms with Crippen LogP contribution in [0.2, 0.25) is 0 Å². The van der Waals surface area contributed by atoms with E-state index in [2.05, 4.69) is 50.1 Å². The molecule has 2 heterocycles. The summed E-state index contributed by atoms with van der Waals surface area (Å²) in [4.78, 5) is 18.8. The molecule has 1 saturated heterocycles. The smallest absolute Gasteiger partial charge is 0.287 e. The van der Waals surface area contributed by atoms with Gasteiger partial charge in [-0.25, -0.2) is 0 Å². The summed E-state index contributed by atoms with van der Waals surface area (Å²) < 4.78 is 10.7. The van der Waals surface area contributed by atoms with Gasteiger partial charge in [-0.2, -0.15) is 0 Å². The zero-order valence-electron chi connectivity index (χ0n) is 18.9. The number of amides is 1. The number of halogens is 1. The standard InChI is InChI=1S/C23H33N5O3.HI/c1-18-8-13-31-21(18)22(29)25-9-5-10-26-23(24-2)27-16-19-6-3-4-7-20(19)17-28-11-14-30-15-12-28;/h3-4,6-8,13H,5,9-12,14-17H2,1-2H3,(H,25,29)(H2,24,26,27);1H. The predicted octanol–water partition coefficient (Wildman–Crippen LogP) is 2.52. The number of nitrogens with zero attached hydrogens (tertiary/aromatic N) is 2. The van der Waals surface area contributed by atoms with Crippen LogP contribution in [0.25, 0.3) is 0 Å². The second-order valence-corrected chi connectivity index (χ2v) is 7.55. The highest BCUT2D eigenvalue weighted by molar-refractivity contribution is 14.0. The van der Waals surface area contributed by atoms with Crippen molar-refractivity contribution in [2.75, 3.05) is 46.4 Å². The number of carbonyl (C=O) groups excluding carboxylic acids is 1. The molecule has 0 saturated carbocycles. The number of benzene rings is 1. The minimum atomic E-state index is -0.179. The van der Waals surface area contributed by atoms with Crippen LogP contribution in [-0.4, -0.2) is 63.2 Å². The number of hydrogen-bond acceptors (Lipinski definition) is 5. The molecule has 3 N–H and O–H groups in total. The fourth-order valence-corrected chi connectivity index (χ4v) is 3.47. The van der Waals surface area contributed by atoms with E-state index in [9.17, 15) is 4.79 Å². The zero-order valence-corrected chi connectivity index (χ0v) is 21.2. The molecular weight excluding hydrogens is 521 g/mol. The summed E-state index contributed by atoms with van der Waals surface area (Å²) in [7, 11) is 1.76. The maximum absolute atomic E-state index is 12.0. The molecule has 0 unspecified atom stereocenters. The van der Waals surface area contributed by atoms with Crippen molar-refractivity contribution in [3.8, 4) is 0 Å². The van der Waals surface area contributed by atoms with Crippen molar-refractivity contribution < 1.29 is 13.9 Å². The van der Waals surface area contributed by atoms with Crippen molar-refractivity contribution in [3.05, 3.63) is 59.0 Å². The van der Waals surface area contributed by atoms with E-state index in [1.807, 2.05) is 6.92 Å². The maximum atomic E-state index is 12.0. The summed E-state index contributed by atoms with van der Waals surface area (Å²) in [5, 5.41) is 9.56. The molecule has 0 atom stereocenters. The van der Waals surface area contributed by atoms with Gasteiger partial charge in [0.2, 0.25) is 0 Å². The van der Waals surface area contributed by atoms with Crippen LogP contribution in [0.1, 0.15) is 33.7 Å². The van der Waals surface area contributed by atoms with E-state index in [-0.39, 0.29) is 29.9 Å². The number of rotatable bonds is 9. The largest absolute Gasteiger partial charge is 0.459 e. The van der Waals surface area contributed by atoms with Crippen molar-refractivity contribution in [2.24, 2.45) is 4.99 Å². The predicted molar refractivity (Wildman–Crippen MR) is 137 cm³/mol. The molecule has 0 bridgehead atoms. The number of ether oxygens (including phenoxy) is 1. The van der Waals surface area contributed by atoms with Gasteiger partial charge in [-0.1, -0.05) is 24.3 Å². The van der Waals surface area contributed by atoms with E-state index >= 15 is 0 Å². The monoisotopic (exact) mass is 555 g/mol. The molecule has 1 aromatic carbocycles. The Kier molecular flexibility index (Phi) is 11.5. The highest BCUT2D eigenvalue weighted by Crippen LogP contribution is 2.13. The fraction of sp³-hybridized carbons (Fsp3) is 0.478. The van der Waals surface area contributed by atoms with Gasteiger partial charge in [0.1, 0.15) is 0 Å². The first-order valence-electron chi connectivity index (χ1n) is 10.8. The first-order chi connectivity index (χ1) is 15.2. The van der Waals surface area contributed by atoms with Crippen LogP contribution in [0.15, 0.2) is 46.0 Å². The van der Waals surface area contributed by atoms with Gasteiger partial charge in [0.05, 0.1) is 19.5 Å². The number of aliphatic imine (C=N–C) groups is 1. The Hall–Kier alpha value is -2.11. The number of aryl methyl sites for hydroxylation is 1. The molecule has 1 fully saturated rings. The van der Waals surface area contributed by atoms with Crippen LogP contribution < -0.4 is 16.0 Å². The molecule has 3 rings (SSSR count). The summed E-state index contributed by atoms with van der Waals surface area (Å²) in [6.45, 7) is 8.31. The lowest BCUT2D eigenvalue weighted by Crippen LogP contribution is -2.39. The van der Waals surface area contributed by atoms with Crippen molar-refractivity contribution in [1.29, 1.82) is 0 Å². The fourth-order valence-electron chi connectivity index (χ4n) is 3.47. The van der Waals surface area contributed by atoms with Crippen LogP contribution in [0, 0.1) is 6.92 Å². The average Bonchev–Trinajstić information content (AvgIpc) is 3.23. The average molecular weight is 555 g/mol. The van der Waals surface area contributed by atoms with E-state index in [4.69, 9.17) is 9.15 Å². The third kappa shape index (κ3) is 8.10. The number of morpholine rings is 1. The van der Waals surface area contributed by atoms with Gasteiger partial charge in [-0.15, -0.1) is 24.0 Å². The number of furan rings is 1. The number of nitrogens with one attached hydrogen (secondary N) is 3. The number of guanidine groups is 1. The van der Waals surface area contributed by atoms with E-state index in [0.717, 1.165) is 50.8 Å². The molecule has 0 spiro atoms. The highest BCUT2D eigenvalue weighted by atomic mass is 127. The number of carbonyl (C=O) groups is 1. The van der Waals surface area contributed by atoms with Crippen LogP contribution in [0.5, 0.6) is 0 Å². The Morgan fingerprint density at radius 1 is 1.06 bits per heavy atom. The number of hydrogen-bond donors (Lipinski definition) is 3. The minimum absolute atomic E-state index is 0. The van der Waals surface area contributed by atoms with Gasteiger partial charge < -0.3 is 25.1 Å². The molecule has 1 aliphatic rings. The van der Waals surface area contributed by atoms with E-state index in [0.29, 0.717) is 25.4 Å². The third-order valence-electron chi connectivity index (χ3n) is 5.29. The first-order valence-corrected chi connectivity index (χ1v) is 10.8. The SMILES string of the molecule is CN=C(NCCCNC(=O)c1occc1C)NCc1ccccc1CN1CCOCC1.I. The topological polar surface area (TPSA) is 91.1 Å². The zero-order chi connectivity index (χ0) is 21.9. The molecule has 2 aromatic rings. The molecule has 176 valence electrons. The lowest BCUT2D eigenvalue weighted by Gasteiger charge is -2.27. The molecule has 0 aliphatic carbocycles. The normalized spacial score (nSPS) is 14.5. The van der Waals surface area contributed by atoms with Crippen LogP contribution >= 0.6 is 24.0 Å². The molecule has 1 aliphatic heterocycles. The van der Waals surface area contributed by atoms with Gasteiger partial charge in [0.15, 0.2) is 11.7 Å². The third-order valence-corrected chi connectivity index (χ3v) is 5.29. The molecular formula is C23H34IN5O3. The van der Waals surface area contributed by atoms with E-state index in [1.165, 1.54) is 17.4 Å². The summed E-state index contributed by atoms with van der Waals surface area (Å²) in [6.07, 6.45) is 2.31. The Bertz CT molecular complexity index is 865. The minimum Gasteiger partial charge on any atom is -0.459 e. The first kappa shape index (κ1) is 26.1. The second kappa shape index (κ2) is 14.1. The van der Waals surface area contributed by atoms with E-state index in [1.54, 1.807) is 13.1 Å². The molecule has 32 heavy (non-hydrogen) atoms. The molecule has 8 nitrogen and oxygen atoms in total. The van der Waals surface area contributed by atoms with Crippen molar-refractivity contribution in [3.63, 3.8) is 0 Å². The molecule has 1 amide bonds. The summed E-state index contributed by atoms with van der Waals surface area (Å²) in [5.41, 5.74) is 3.43. The quantitative estimate of drug-likeness (QED) is 0.191. The van der Waals surface area contributed by atoms with Gasteiger partial charge in [0, 0.05) is 51.9 Å². The lowest BCUT2D eigenvalue weighted by atomic mass is 10.1. The van der Waals surface area contributed by atoms with Crippen molar-refractivity contribution in [1.82, 2.24) is 20.9 Å².